The van der Waals surface area contributed by atoms with Crippen LogP contribution >= 0.6 is 35.3 Å². The first-order valence-corrected chi connectivity index (χ1v) is 8.13. The lowest BCUT2D eigenvalue weighted by atomic mass is 10.1. The number of nitrogens with zero attached hydrogens (tertiary/aromatic N) is 2. The maximum Gasteiger partial charge on any atom is 0.194 e. The summed E-state index contributed by atoms with van der Waals surface area (Å²) in [6.07, 6.45) is 1.16. The van der Waals surface area contributed by atoms with Crippen LogP contribution in [0.1, 0.15) is 23.1 Å². The van der Waals surface area contributed by atoms with Crippen LogP contribution in [-0.2, 0) is 11.3 Å². The molecule has 1 unspecified atom stereocenters. The summed E-state index contributed by atoms with van der Waals surface area (Å²) in [5.41, 5.74) is 0. The minimum absolute atomic E-state index is 0. The Kier molecular flexibility index (Phi) is 8.58. The van der Waals surface area contributed by atoms with Gasteiger partial charge in [-0.05, 0) is 32.4 Å². The Hall–Kier alpha value is -0.340. The van der Waals surface area contributed by atoms with Crippen molar-refractivity contribution in [2.45, 2.75) is 26.8 Å². The standard InChI is InChI=1S/C15H25N3OS.HI/c1-4-16-15(17-9-14-6-5-12(2)20-14)18(3)10-13-7-8-19-11-13;/h5-6,13H,4,7-11H2,1-3H3,(H,16,17);1H. The summed E-state index contributed by atoms with van der Waals surface area (Å²) in [7, 11) is 2.11. The molecule has 0 aliphatic carbocycles. The zero-order chi connectivity index (χ0) is 14.4. The summed E-state index contributed by atoms with van der Waals surface area (Å²) in [5, 5.41) is 3.37. The Morgan fingerprint density at radius 1 is 1.52 bits per heavy atom. The van der Waals surface area contributed by atoms with Gasteiger partial charge in [0.05, 0.1) is 13.2 Å². The fourth-order valence-electron chi connectivity index (χ4n) is 2.39. The van der Waals surface area contributed by atoms with E-state index in [9.17, 15) is 0 Å². The van der Waals surface area contributed by atoms with E-state index in [2.05, 4.69) is 43.2 Å². The molecule has 1 aliphatic heterocycles. The summed E-state index contributed by atoms with van der Waals surface area (Å²) in [6.45, 7) is 8.69. The highest BCUT2D eigenvalue weighted by Gasteiger charge is 2.18. The van der Waals surface area contributed by atoms with Crippen molar-refractivity contribution in [3.8, 4) is 0 Å². The Balaban J connectivity index is 0.00000220. The summed E-state index contributed by atoms with van der Waals surface area (Å²) >= 11 is 1.82. The van der Waals surface area contributed by atoms with Crippen molar-refractivity contribution in [2.75, 3.05) is 33.4 Å². The minimum Gasteiger partial charge on any atom is -0.381 e. The molecule has 0 aromatic carbocycles. The van der Waals surface area contributed by atoms with Gasteiger partial charge in [0.15, 0.2) is 5.96 Å². The summed E-state index contributed by atoms with van der Waals surface area (Å²) < 4.78 is 5.44. The van der Waals surface area contributed by atoms with Gasteiger partial charge in [-0.15, -0.1) is 35.3 Å². The SMILES string of the molecule is CCNC(=NCc1ccc(C)s1)N(C)CC1CCOC1.I. The van der Waals surface area contributed by atoms with Crippen LogP contribution in [0.25, 0.3) is 0 Å². The molecule has 1 atom stereocenters. The van der Waals surface area contributed by atoms with E-state index >= 15 is 0 Å². The predicted octanol–water partition coefficient (Wildman–Crippen LogP) is 3.11. The number of ether oxygens (including phenoxy) is 1. The Morgan fingerprint density at radius 3 is 2.90 bits per heavy atom. The van der Waals surface area contributed by atoms with Crippen LogP contribution < -0.4 is 5.32 Å². The lowest BCUT2D eigenvalue weighted by Crippen LogP contribution is -2.41. The first kappa shape index (κ1) is 18.7. The molecule has 2 rings (SSSR count). The number of thiophene rings is 1. The van der Waals surface area contributed by atoms with E-state index in [1.807, 2.05) is 11.3 Å². The third kappa shape index (κ3) is 6.12. The molecule has 1 aliphatic rings. The molecule has 21 heavy (non-hydrogen) atoms. The topological polar surface area (TPSA) is 36.9 Å². The largest absolute Gasteiger partial charge is 0.381 e. The number of aryl methyl sites for hydroxylation is 1. The molecule has 6 heteroatoms. The Morgan fingerprint density at radius 2 is 2.33 bits per heavy atom. The molecule has 1 aromatic heterocycles. The number of hydrogen-bond acceptors (Lipinski definition) is 3. The Labute approximate surface area is 149 Å². The van der Waals surface area contributed by atoms with Crippen molar-refractivity contribution in [2.24, 2.45) is 10.9 Å². The van der Waals surface area contributed by atoms with Crippen molar-refractivity contribution in [3.05, 3.63) is 21.9 Å². The molecular formula is C15H26IN3OS. The zero-order valence-electron chi connectivity index (χ0n) is 13.1. The quantitative estimate of drug-likeness (QED) is 0.449. The maximum absolute atomic E-state index is 5.44. The van der Waals surface area contributed by atoms with Gasteiger partial charge in [-0.25, -0.2) is 4.99 Å². The molecule has 0 amide bonds. The van der Waals surface area contributed by atoms with Gasteiger partial charge in [0.2, 0.25) is 0 Å². The van der Waals surface area contributed by atoms with E-state index in [1.54, 1.807) is 0 Å². The molecule has 2 heterocycles. The number of aliphatic imine (C=N–C) groups is 1. The monoisotopic (exact) mass is 423 g/mol. The molecule has 1 aromatic rings. The van der Waals surface area contributed by atoms with Gasteiger partial charge in [-0.2, -0.15) is 0 Å². The third-order valence-corrected chi connectivity index (χ3v) is 4.42. The molecule has 120 valence electrons. The summed E-state index contributed by atoms with van der Waals surface area (Å²) in [4.78, 5) is 9.63. The van der Waals surface area contributed by atoms with Crippen molar-refractivity contribution in [1.29, 1.82) is 0 Å². The van der Waals surface area contributed by atoms with Crippen LogP contribution in [0.2, 0.25) is 0 Å². The smallest absolute Gasteiger partial charge is 0.194 e. The minimum atomic E-state index is 0. The van der Waals surface area contributed by atoms with E-state index < -0.39 is 0 Å². The molecule has 1 N–H and O–H groups in total. The van der Waals surface area contributed by atoms with Crippen LogP contribution in [-0.4, -0.2) is 44.2 Å². The van der Waals surface area contributed by atoms with Crippen LogP contribution in [0, 0.1) is 12.8 Å². The highest BCUT2D eigenvalue weighted by Crippen LogP contribution is 2.16. The molecule has 0 bridgehead atoms. The van der Waals surface area contributed by atoms with Gasteiger partial charge in [0.25, 0.3) is 0 Å². The number of halogens is 1. The van der Waals surface area contributed by atoms with Crippen molar-refractivity contribution < 1.29 is 4.74 Å². The van der Waals surface area contributed by atoms with Crippen LogP contribution in [0.4, 0.5) is 0 Å². The van der Waals surface area contributed by atoms with Gasteiger partial charge < -0.3 is 15.0 Å². The summed E-state index contributed by atoms with van der Waals surface area (Å²) in [5.74, 6) is 1.62. The highest BCUT2D eigenvalue weighted by atomic mass is 127. The molecule has 0 saturated carbocycles. The number of nitrogens with one attached hydrogen (secondary N) is 1. The van der Waals surface area contributed by atoms with Gasteiger partial charge >= 0.3 is 0 Å². The molecule has 0 spiro atoms. The van der Waals surface area contributed by atoms with E-state index in [0.29, 0.717) is 5.92 Å². The number of hydrogen-bond donors (Lipinski definition) is 1. The second-order valence-electron chi connectivity index (χ2n) is 5.29. The van der Waals surface area contributed by atoms with E-state index in [-0.39, 0.29) is 24.0 Å². The van der Waals surface area contributed by atoms with Crippen molar-refractivity contribution >= 4 is 41.3 Å². The predicted molar refractivity (Wildman–Crippen MR) is 101 cm³/mol. The van der Waals surface area contributed by atoms with Gasteiger partial charge in [0.1, 0.15) is 0 Å². The molecular weight excluding hydrogens is 397 g/mol. The molecule has 0 radical (unpaired) electrons. The average molecular weight is 423 g/mol. The second-order valence-corrected chi connectivity index (χ2v) is 6.67. The van der Waals surface area contributed by atoms with Crippen LogP contribution in [0.5, 0.6) is 0 Å². The lowest BCUT2D eigenvalue weighted by molar-refractivity contribution is 0.181. The highest BCUT2D eigenvalue weighted by molar-refractivity contribution is 14.0. The first-order valence-electron chi connectivity index (χ1n) is 7.31. The van der Waals surface area contributed by atoms with E-state index in [4.69, 9.17) is 9.73 Å². The average Bonchev–Trinajstić information content (AvgIpc) is 3.06. The third-order valence-electron chi connectivity index (χ3n) is 3.43. The van der Waals surface area contributed by atoms with Gasteiger partial charge in [-0.1, -0.05) is 0 Å². The summed E-state index contributed by atoms with van der Waals surface area (Å²) in [6, 6.07) is 4.32. The lowest BCUT2D eigenvalue weighted by Gasteiger charge is -2.24. The van der Waals surface area contributed by atoms with Crippen molar-refractivity contribution in [3.63, 3.8) is 0 Å². The molecule has 1 saturated heterocycles. The normalized spacial score (nSPS) is 18.4. The maximum atomic E-state index is 5.44. The molecule has 4 nitrogen and oxygen atoms in total. The first-order chi connectivity index (χ1) is 9.69. The van der Waals surface area contributed by atoms with Crippen LogP contribution in [0.15, 0.2) is 17.1 Å². The fraction of sp³-hybridized carbons (Fsp3) is 0.667. The number of rotatable bonds is 5. The Bertz CT molecular complexity index is 444. The molecule has 1 fully saturated rings. The van der Waals surface area contributed by atoms with Gasteiger partial charge in [0, 0.05) is 42.4 Å². The van der Waals surface area contributed by atoms with Crippen LogP contribution in [0.3, 0.4) is 0 Å². The fourth-order valence-corrected chi connectivity index (χ4v) is 3.21. The zero-order valence-corrected chi connectivity index (χ0v) is 16.2. The second kappa shape index (κ2) is 9.63. The van der Waals surface area contributed by atoms with Gasteiger partial charge in [-0.3, -0.25) is 0 Å². The number of guanidine groups is 1. The van der Waals surface area contributed by atoms with E-state index in [1.165, 1.54) is 9.75 Å². The van der Waals surface area contributed by atoms with Crippen molar-refractivity contribution in [1.82, 2.24) is 10.2 Å². The van der Waals surface area contributed by atoms with E-state index in [0.717, 1.165) is 45.2 Å².